The van der Waals surface area contributed by atoms with Crippen molar-refractivity contribution < 1.29 is 0 Å². The third-order valence-corrected chi connectivity index (χ3v) is 2.54. The van der Waals surface area contributed by atoms with Gasteiger partial charge >= 0.3 is 0 Å². The number of rotatable bonds is 6. The van der Waals surface area contributed by atoms with Crippen LogP contribution in [0.4, 0.5) is 0 Å². The quantitative estimate of drug-likeness (QED) is 0.718. The molecule has 1 aromatic rings. The highest BCUT2D eigenvalue weighted by molar-refractivity contribution is 5.15. The summed E-state index contributed by atoms with van der Waals surface area (Å²) < 4.78 is 1.88. The van der Waals surface area contributed by atoms with Crippen LogP contribution in [-0.4, -0.2) is 16.3 Å². The van der Waals surface area contributed by atoms with E-state index in [-0.39, 0.29) is 0 Å². The maximum absolute atomic E-state index is 8.36. The molecule has 0 atom stereocenters. The van der Waals surface area contributed by atoms with E-state index in [9.17, 15) is 0 Å². The molecular formula is C11H18N4. The van der Waals surface area contributed by atoms with E-state index in [1.54, 1.807) is 0 Å². The molecule has 0 saturated carbocycles. The molecule has 0 fully saturated rings. The van der Waals surface area contributed by atoms with Crippen molar-refractivity contribution in [2.75, 3.05) is 6.54 Å². The third kappa shape index (κ3) is 3.72. The smallest absolute Gasteiger partial charge is 0.0621 e. The van der Waals surface area contributed by atoms with Crippen LogP contribution in [0.2, 0.25) is 0 Å². The Bertz CT molecular complexity index is 335. The van der Waals surface area contributed by atoms with Gasteiger partial charge in [0.1, 0.15) is 0 Å². The van der Waals surface area contributed by atoms with Crippen LogP contribution in [0.15, 0.2) is 6.20 Å². The molecule has 1 rings (SSSR count). The van der Waals surface area contributed by atoms with Crippen molar-refractivity contribution >= 4 is 0 Å². The summed E-state index contributed by atoms with van der Waals surface area (Å²) in [6.45, 7) is 3.90. The molecule has 0 aliphatic heterocycles. The number of hydrogen-bond acceptors (Lipinski definition) is 3. The van der Waals surface area contributed by atoms with Crippen molar-refractivity contribution in [3.05, 3.63) is 17.5 Å². The highest BCUT2D eigenvalue weighted by atomic mass is 15.3. The first kappa shape index (κ1) is 11.7. The molecule has 82 valence electrons. The first-order chi connectivity index (χ1) is 7.25. The zero-order chi connectivity index (χ0) is 11.1. The topological polar surface area (TPSA) is 53.6 Å². The summed E-state index contributed by atoms with van der Waals surface area (Å²) in [5.41, 5.74) is 2.46. The molecule has 0 spiro atoms. The van der Waals surface area contributed by atoms with Crippen LogP contribution in [0.3, 0.4) is 0 Å². The molecule has 4 nitrogen and oxygen atoms in total. The van der Waals surface area contributed by atoms with Gasteiger partial charge in [-0.2, -0.15) is 10.4 Å². The lowest BCUT2D eigenvalue weighted by Crippen LogP contribution is -2.15. The van der Waals surface area contributed by atoms with Crippen molar-refractivity contribution in [3.63, 3.8) is 0 Å². The predicted molar refractivity (Wildman–Crippen MR) is 59.1 cm³/mol. The summed E-state index contributed by atoms with van der Waals surface area (Å²) in [4.78, 5) is 0. The Morgan fingerprint density at radius 2 is 2.33 bits per heavy atom. The monoisotopic (exact) mass is 206 g/mol. The van der Waals surface area contributed by atoms with Gasteiger partial charge in [0, 0.05) is 31.3 Å². The average molecular weight is 206 g/mol. The van der Waals surface area contributed by atoms with E-state index >= 15 is 0 Å². The van der Waals surface area contributed by atoms with Gasteiger partial charge in [-0.05, 0) is 26.3 Å². The second kappa shape index (κ2) is 6.20. The maximum atomic E-state index is 8.36. The Hall–Kier alpha value is -1.34. The zero-order valence-electron chi connectivity index (χ0n) is 9.45. The second-order valence-corrected chi connectivity index (χ2v) is 3.67. The van der Waals surface area contributed by atoms with E-state index in [2.05, 4.69) is 23.4 Å². The standard InChI is InChI=1S/C11H18N4/c1-10-11(9-14-15(10)2)8-13-7-5-3-4-6-12/h9,13H,3-5,7-8H2,1-2H3. The molecular weight excluding hydrogens is 188 g/mol. The van der Waals surface area contributed by atoms with Gasteiger partial charge in [0.15, 0.2) is 0 Å². The van der Waals surface area contributed by atoms with E-state index < -0.39 is 0 Å². The van der Waals surface area contributed by atoms with E-state index in [4.69, 9.17) is 5.26 Å². The lowest BCUT2D eigenvalue weighted by molar-refractivity contribution is 0.626. The molecule has 1 N–H and O–H groups in total. The van der Waals surface area contributed by atoms with Crippen LogP contribution in [0.25, 0.3) is 0 Å². The molecule has 0 saturated heterocycles. The van der Waals surface area contributed by atoms with Gasteiger partial charge in [0.25, 0.3) is 0 Å². The van der Waals surface area contributed by atoms with Crippen LogP contribution >= 0.6 is 0 Å². The Kier molecular flexibility index (Phi) is 4.85. The lowest BCUT2D eigenvalue weighted by atomic mass is 10.2. The van der Waals surface area contributed by atoms with E-state index in [1.165, 1.54) is 11.3 Å². The molecule has 15 heavy (non-hydrogen) atoms. The summed E-state index contributed by atoms with van der Waals surface area (Å²) in [5.74, 6) is 0. The summed E-state index contributed by atoms with van der Waals surface area (Å²) in [6.07, 6.45) is 4.60. The number of nitriles is 1. The van der Waals surface area contributed by atoms with Gasteiger partial charge in [-0.25, -0.2) is 0 Å². The molecule has 1 aromatic heterocycles. The van der Waals surface area contributed by atoms with Crippen molar-refractivity contribution in [3.8, 4) is 6.07 Å². The second-order valence-electron chi connectivity index (χ2n) is 3.67. The van der Waals surface area contributed by atoms with Gasteiger partial charge < -0.3 is 5.32 Å². The molecule has 0 radical (unpaired) electrons. The summed E-state index contributed by atoms with van der Waals surface area (Å²) in [6, 6.07) is 2.15. The normalized spacial score (nSPS) is 10.2. The molecule has 0 aliphatic carbocycles. The number of unbranched alkanes of at least 4 members (excludes halogenated alkanes) is 2. The largest absolute Gasteiger partial charge is 0.313 e. The Morgan fingerprint density at radius 1 is 1.53 bits per heavy atom. The van der Waals surface area contributed by atoms with Gasteiger partial charge in [0.05, 0.1) is 12.3 Å². The molecule has 0 aliphatic rings. The Labute approximate surface area is 90.9 Å². The minimum Gasteiger partial charge on any atom is -0.313 e. The van der Waals surface area contributed by atoms with E-state index in [0.29, 0.717) is 6.42 Å². The van der Waals surface area contributed by atoms with Gasteiger partial charge in [-0.1, -0.05) is 0 Å². The molecule has 1 heterocycles. The third-order valence-electron chi connectivity index (χ3n) is 2.54. The number of nitrogens with one attached hydrogen (secondary N) is 1. The molecule has 4 heteroatoms. The highest BCUT2D eigenvalue weighted by Crippen LogP contribution is 2.04. The average Bonchev–Trinajstić information content (AvgIpc) is 2.54. The van der Waals surface area contributed by atoms with Crippen LogP contribution in [-0.2, 0) is 13.6 Å². The first-order valence-corrected chi connectivity index (χ1v) is 5.31. The fraction of sp³-hybridized carbons (Fsp3) is 0.636. The van der Waals surface area contributed by atoms with Crippen molar-refractivity contribution in [2.24, 2.45) is 7.05 Å². The molecule has 0 amide bonds. The van der Waals surface area contributed by atoms with Gasteiger partial charge in [-0.15, -0.1) is 0 Å². The Balaban J connectivity index is 2.16. The minimum absolute atomic E-state index is 0.660. The van der Waals surface area contributed by atoms with Crippen LogP contribution < -0.4 is 5.32 Å². The maximum Gasteiger partial charge on any atom is 0.0621 e. The van der Waals surface area contributed by atoms with Gasteiger partial charge in [0.2, 0.25) is 0 Å². The summed E-state index contributed by atoms with van der Waals surface area (Å²) in [7, 11) is 1.95. The fourth-order valence-corrected chi connectivity index (χ4v) is 1.39. The van der Waals surface area contributed by atoms with Crippen LogP contribution in [0.5, 0.6) is 0 Å². The molecule has 0 unspecified atom stereocenters. The van der Waals surface area contributed by atoms with Crippen molar-refractivity contribution in [2.45, 2.75) is 32.7 Å². The minimum atomic E-state index is 0.660. The number of nitrogens with zero attached hydrogens (tertiary/aromatic N) is 3. The van der Waals surface area contributed by atoms with E-state index in [0.717, 1.165) is 25.9 Å². The SMILES string of the molecule is Cc1c(CNCCCCC#N)cnn1C. The molecule has 0 aromatic carbocycles. The van der Waals surface area contributed by atoms with Gasteiger partial charge in [-0.3, -0.25) is 4.68 Å². The van der Waals surface area contributed by atoms with E-state index in [1.807, 2.05) is 17.9 Å². The zero-order valence-corrected chi connectivity index (χ0v) is 9.45. The van der Waals surface area contributed by atoms with Crippen molar-refractivity contribution in [1.29, 1.82) is 5.26 Å². The molecule has 0 bridgehead atoms. The predicted octanol–water partition coefficient (Wildman–Crippen LogP) is 1.51. The number of aryl methyl sites for hydroxylation is 1. The van der Waals surface area contributed by atoms with Crippen LogP contribution in [0, 0.1) is 18.3 Å². The fourth-order valence-electron chi connectivity index (χ4n) is 1.39. The summed E-state index contributed by atoms with van der Waals surface area (Å²) in [5, 5.41) is 15.9. The van der Waals surface area contributed by atoms with Crippen molar-refractivity contribution in [1.82, 2.24) is 15.1 Å². The number of aromatic nitrogens is 2. The lowest BCUT2D eigenvalue weighted by Gasteiger charge is -2.03. The first-order valence-electron chi connectivity index (χ1n) is 5.31. The summed E-state index contributed by atoms with van der Waals surface area (Å²) >= 11 is 0. The Morgan fingerprint density at radius 3 is 2.93 bits per heavy atom. The number of hydrogen-bond donors (Lipinski definition) is 1. The highest BCUT2D eigenvalue weighted by Gasteiger charge is 2.01. The van der Waals surface area contributed by atoms with Crippen LogP contribution in [0.1, 0.15) is 30.5 Å².